The number of hydrogen-bond acceptors (Lipinski definition) is 6. The zero-order valence-electron chi connectivity index (χ0n) is 15.9. The van der Waals surface area contributed by atoms with Crippen molar-refractivity contribution in [2.75, 3.05) is 31.1 Å². The minimum Gasteiger partial charge on any atom is -0.337 e. The molecule has 4 rings (SSSR count). The maximum atomic E-state index is 13.0. The van der Waals surface area contributed by atoms with Gasteiger partial charge in [0.05, 0.1) is 10.6 Å². The first-order valence-corrected chi connectivity index (χ1v) is 10.1. The van der Waals surface area contributed by atoms with Crippen molar-refractivity contribution in [1.82, 2.24) is 24.6 Å². The lowest BCUT2D eigenvalue weighted by atomic mass is 10.2. The first kappa shape index (κ1) is 17.9. The van der Waals surface area contributed by atoms with Crippen molar-refractivity contribution in [3.63, 3.8) is 0 Å². The number of aryl methyl sites for hydroxylation is 1. The van der Waals surface area contributed by atoms with E-state index in [4.69, 9.17) is 0 Å². The van der Waals surface area contributed by atoms with Crippen molar-refractivity contribution in [3.8, 4) is 0 Å². The molecule has 0 radical (unpaired) electrons. The molecule has 0 aliphatic carbocycles. The number of hydrogen-bond donors (Lipinski definition) is 0. The number of carbonyl (C=O) groups is 1. The molecule has 1 saturated heterocycles. The Morgan fingerprint density at radius 3 is 2.56 bits per heavy atom. The van der Waals surface area contributed by atoms with Crippen LogP contribution in [0.3, 0.4) is 0 Å². The van der Waals surface area contributed by atoms with Gasteiger partial charge in [-0.15, -0.1) is 11.3 Å². The van der Waals surface area contributed by atoms with E-state index in [1.807, 2.05) is 28.6 Å². The summed E-state index contributed by atoms with van der Waals surface area (Å²) < 4.78 is 2.04. The normalized spacial score (nSPS) is 15.1. The van der Waals surface area contributed by atoms with Crippen LogP contribution in [0.4, 0.5) is 5.95 Å². The predicted molar refractivity (Wildman–Crippen MR) is 107 cm³/mol. The third-order valence-corrected chi connectivity index (χ3v) is 5.89. The number of rotatable bonds is 4. The van der Waals surface area contributed by atoms with Gasteiger partial charge in [0, 0.05) is 50.5 Å². The molecular formula is C19H24N6OS. The summed E-state index contributed by atoms with van der Waals surface area (Å²) in [6, 6.07) is 3.82. The van der Waals surface area contributed by atoms with Crippen LogP contribution in [-0.2, 0) is 6.54 Å². The lowest BCUT2D eigenvalue weighted by Crippen LogP contribution is -2.49. The van der Waals surface area contributed by atoms with Gasteiger partial charge >= 0.3 is 0 Å². The fourth-order valence-corrected chi connectivity index (χ4v) is 4.55. The lowest BCUT2D eigenvalue weighted by Gasteiger charge is -2.34. The average molecular weight is 385 g/mol. The molecule has 0 unspecified atom stereocenters. The number of aromatic nitrogens is 4. The van der Waals surface area contributed by atoms with Crippen LogP contribution in [-0.4, -0.2) is 56.7 Å². The van der Waals surface area contributed by atoms with Crippen LogP contribution in [0, 0.1) is 12.8 Å². The molecule has 0 aromatic carbocycles. The van der Waals surface area contributed by atoms with Gasteiger partial charge < -0.3 is 9.80 Å². The van der Waals surface area contributed by atoms with Crippen molar-refractivity contribution in [2.24, 2.45) is 5.92 Å². The van der Waals surface area contributed by atoms with Crippen LogP contribution in [0.1, 0.15) is 29.2 Å². The van der Waals surface area contributed by atoms with Crippen molar-refractivity contribution in [1.29, 1.82) is 0 Å². The molecule has 1 aliphatic heterocycles. The second kappa shape index (κ2) is 7.26. The molecule has 1 aliphatic rings. The summed E-state index contributed by atoms with van der Waals surface area (Å²) in [7, 11) is 0. The molecule has 0 spiro atoms. The highest BCUT2D eigenvalue weighted by molar-refractivity contribution is 7.20. The van der Waals surface area contributed by atoms with Gasteiger partial charge in [-0.2, -0.15) is 5.10 Å². The van der Waals surface area contributed by atoms with Gasteiger partial charge in [-0.05, 0) is 25.0 Å². The second-order valence-electron chi connectivity index (χ2n) is 7.32. The Bertz CT molecular complexity index is 940. The number of nitrogens with zero attached hydrogens (tertiary/aromatic N) is 6. The fourth-order valence-electron chi connectivity index (χ4n) is 3.41. The maximum Gasteiger partial charge on any atom is 0.264 e. The minimum atomic E-state index is 0.111. The van der Waals surface area contributed by atoms with E-state index in [2.05, 4.69) is 33.8 Å². The lowest BCUT2D eigenvalue weighted by molar-refractivity contribution is 0.0751. The van der Waals surface area contributed by atoms with E-state index >= 15 is 0 Å². The van der Waals surface area contributed by atoms with E-state index in [1.54, 1.807) is 23.7 Å². The van der Waals surface area contributed by atoms with Gasteiger partial charge in [0.2, 0.25) is 5.95 Å². The predicted octanol–water partition coefficient (Wildman–Crippen LogP) is 2.81. The first-order valence-electron chi connectivity index (χ1n) is 9.31. The molecule has 8 heteroatoms. The molecule has 1 amide bonds. The zero-order valence-corrected chi connectivity index (χ0v) is 16.7. The van der Waals surface area contributed by atoms with Crippen LogP contribution in [0.2, 0.25) is 0 Å². The number of fused-ring (bicyclic) bond motifs is 1. The van der Waals surface area contributed by atoms with E-state index in [1.165, 1.54) is 0 Å². The van der Waals surface area contributed by atoms with Crippen LogP contribution in [0.25, 0.3) is 10.2 Å². The molecule has 27 heavy (non-hydrogen) atoms. The van der Waals surface area contributed by atoms with Gasteiger partial charge in [0.15, 0.2) is 0 Å². The third kappa shape index (κ3) is 3.53. The summed E-state index contributed by atoms with van der Waals surface area (Å²) in [5.41, 5.74) is 0.993. The topological polar surface area (TPSA) is 67.2 Å². The summed E-state index contributed by atoms with van der Waals surface area (Å²) >= 11 is 1.56. The Hall–Kier alpha value is -2.48. The van der Waals surface area contributed by atoms with Crippen molar-refractivity contribution in [3.05, 3.63) is 35.1 Å². The summed E-state index contributed by atoms with van der Waals surface area (Å²) in [4.78, 5) is 27.6. The van der Waals surface area contributed by atoms with Crippen LogP contribution >= 0.6 is 11.3 Å². The fraction of sp³-hybridized carbons (Fsp3) is 0.474. The summed E-state index contributed by atoms with van der Waals surface area (Å²) in [5.74, 6) is 1.36. The van der Waals surface area contributed by atoms with Crippen molar-refractivity contribution < 1.29 is 4.79 Å². The molecule has 0 saturated carbocycles. The van der Waals surface area contributed by atoms with Crippen LogP contribution in [0.5, 0.6) is 0 Å². The standard InChI is InChI=1S/C19H24N6OS/c1-13(2)12-25-18-15(14(3)22-25)11-16(27-18)17(26)23-7-9-24(10-8-23)19-20-5-4-6-21-19/h4-6,11,13H,7-10,12H2,1-3H3. The Morgan fingerprint density at radius 1 is 1.19 bits per heavy atom. The SMILES string of the molecule is Cc1nn(CC(C)C)c2sc(C(=O)N3CCN(c4ncccn4)CC3)cc12. The smallest absolute Gasteiger partial charge is 0.264 e. The number of carbonyl (C=O) groups excluding carboxylic acids is 1. The highest BCUT2D eigenvalue weighted by Gasteiger charge is 2.25. The monoisotopic (exact) mass is 384 g/mol. The Labute approximate surface area is 162 Å². The van der Waals surface area contributed by atoms with Gasteiger partial charge in [-0.1, -0.05) is 13.8 Å². The van der Waals surface area contributed by atoms with Crippen molar-refractivity contribution >= 4 is 33.4 Å². The Balaban J connectivity index is 1.49. The van der Waals surface area contributed by atoms with Crippen molar-refractivity contribution in [2.45, 2.75) is 27.3 Å². The van der Waals surface area contributed by atoms with E-state index in [9.17, 15) is 4.79 Å². The van der Waals surface area contributed by atoms with Crippen LogP contribution in [0.15, 0.2) is 24.5 Å². The van der Waals surface area contributed by atoms with Gasteiger partial charge in [0.25, 0.3) is 5.91 Å². The van der Waals surface area contributed by atoms with Crippen LogP contribution < -0.4 is 4.90 Å². The Kier molecular flexibility index (Phi) is 4.82. The van der Waals surface area contributed by atoms with E-state index < -0.39 is 0 Å². The molecule has 142 valence electrons. The first-order chi connectivity index (χ1) is 13.0. The minimum absolute atomic E-state index is 0.111. The highest BCUT2D eigenvalue weighted by Crippen LogP contribution is 2.30. The van der Waals surface area contributed by atoms with E-state index in [-0.39, 0.29) is 5.91 Å². The second-order valence-corrected chi connectivity index (χ2v) is 8.35. The molecular weight excluding hydrogens is 360 g/mol. The Morgan fingerprint density at radius 2 is 1.89 bits per heavy atom. The molecule has 7 nitrogen and oxygen atoms in total. The summed E-state index contributed by atoms with van der Waals surface area (Å²) in [5, 5.41) is 5.73. The zero-order chi connectivity index (χ0) is 19.0. The molecule has 1 fully saturated rings. The largest absolute Gasteiger partial charge is 0.337 e. The summed E-state index contributed by atoms with van der Waals surface area (Å²) in [6.45, 7) is 10.1. The maximum absolute atomic E-state index is 13.0. The quantitative estimate of drug-likeness (QED) is 0.692. The van der Waals surface area contributed by atoms with Gasteiger partial charge in [-0.25, -0.2) is 9.97 Å². The molecule has 4 heterocycles. The van der Waals surface area contributed by atoms with Gasteiger partial charge in [-0.3, -0.25) is 9.48 Å². The molecule has 0 bridgehead atoms. The number of thiophene rings is 1. The molecule has 3 aromatic rings. The van der Waals surface area contributed by atoms with E-state index in [0.717, 1.165) is 46.4 Å². The molecule has 0 atom stereocenters. The number of piperazine rings is 1. The summed E-state index contributed by atoms with van der Waals surface area (Å²) in [6.07, 6.45) is 3.50. The molecule has 0 N–H and O–H groups in total. The molecule has 3 aromatic heterocycles. The third-order valence-electron chi connectivity index (χ3n) is 4.76. The number of amides is 1. The number of anilines is 1. The average Bonchev–Trinajstić information content (AvgIpc) is 3.23. The van der Waals surface area contributed by atoms with Gasteiger partial charge in [0.1, 0.15) is 4.83 Å². The van der Waals surface area contributed by atoms with E-state index in [0.29, 0.717) is 19.0 Å². The highest BCUT2D eigenvalue weighted by atomic mass is 32.1.